The lowest BCUT2D eigenvalue weighted by Crippen LogP contribution is -2.54. The zero-order valence-corrected chi connectivity index (χ0v) is 17.7. The second-order valence-corrected chi connectivity index (χ2v) is 10.1. The van der Waals surface area contributed by atoms with Crippen molar-refractivity contribution in [2.24, 2.45) is 11.3 Å². The van der Waals surface area contributed by atoms with E-state index in [0.29, 0.717) is 11.5 Å². The summed E-state index contributed by atoms with van der Waals surface area (Å²) >= 11 is 0. The molecule has 2 aliphatic carbocycles. The predicted molar refractivity (Wildman–Crippen MR) is 118 cm³/mol. The van der Waals surface area contributed by atoms with Crippen LogP contribution in [0, 0.1) is 11.3 Å². The molecule has 30 heavy (non-hydrogen) atoms. The van der Waals surface area contributed by atoms with Gasteiger partial charge in [0.25, 0.3) is 0 Å². The number of hydrogen-bond acceptors (Lipinski definition) is 2. The van der Waals surface area contributed by atoms with Gasteiger partial charge in [0.05, 0.1) is 5.56 Å². The van der Waals surface area contributed by atoms with Gasteiger partial charge in [-0.1, -0.05) is 38.1 Å². The van der Waals surface area contributed by atoms with Crippen molar-refractivity contribution in [3.05, 3.63) is 65.7 Å². The molecule has 1 N–H and O–H groups in total. The number of carboxylic acids is 1. The Labute approximate surface area is 176 Å². The van der Waals surface area contributed by atoms with E-state index in [2.05, 4.69) is 51.1 Å². The van der Waals surface area contributed by atoms with Crippen molar-refractivity contribution < 1.29 is 14.6 Å². The van der Waals surface area contributed by atoms with Crippen LogP contribution in [-0.4, -0.2) is 16.7 Å². The van der Waals surface area contributed by atoms with E-state index in [1.807, 2.05) is 12.1 Å². The molecule has 0 amide bonds. The smallest absolute Gasteiger partial charge is 0.335 e. The van der Waals surface area contributed by atoms with Crippen LogP contribution >= 0.6 is 0 Å². The minimum atomic E-state index is -0.893. The summed E-state index contributed by atoms with van der Waals surface area (Å²) in [4.78, 5) is 11.3. The fourth-order valence-corrected chi connectivity index (χ4v) is 6.93. The van der Waals surface area contributed by atoms with Crippen molar-refractivity contribution in [3.63, 3.8) is 0 Å². The summed E-state index contributed by atoms with van der Waals surface area (Å²) in [5.41, 5.74) is 4.22. The molecule has 6 rings (SSSR count). The summed E-state index contributed by atoms with van der Waals surface area (Å²) < 4.78 is 6.66. The molecular weight excluding hydrogens is 372 g/mol. The van der Waals surface area contributed by atoms with E-state index < -0.39 is 5.97 Å². The SMILES string of the molecule is CC12CCC(C1)C1(C)Oc3ccc(-c4ccc5cc(C(=O)O)ccc5c4)cc3C21C. The summed E-state index contributed by atoms with van der Waals surface area (Å²) in [6.07, 6.45) is 3.80. The van der Waals surface area contributed by atoms with E-state index in [0.717, 1.165) is 22.1 Å². The first-order valence-electron chi connectivity index (χ1n) is 10.9. The molecule has 2 fully saturated rings. The number of carbonyl (C=O) groups is 1. The topological polar surface area (TPSA) is 46.5 Å². The summed E-state index contributed by atoms with van der Waals surface area (Å²) in [5, 5.41) is 11.2. The largest absolute Gasteiger partial charge is 0.486 e. The predicted octanol–water partition coefficient (Wildman–Crippen LogP) is 6.43. The normalized spacial score (nSPS) is 33.4. The molecule has 3 nitrogen and oxygen atoms in total. The third-order valence-corrected chi connectivity index (χ3v) is 8.98. The van der Waals surface area contributed by atoms with Crippen LogP contribution in [0.25, 0.3) is 21.9 Å². The second-order valence-electron chi connectivity index (χ2n) is 10.1. The quantitative estimate of drug-likeness (QED) is 0.541. The molecule has 0 spiro atoms. The fourth-order valence-electron chi connectivity index (χ4n) is 6.93. The molecule has 0 saturated heterocycles. The van der Waals surface area contributed by atoms with Gasteiger partial charge in [-0.15, -0.1) is 0 Å². The fraction of sp³-hybridized carbons (Fsp3) is 0.370. The van der Waals surface area contributed by atoms with Gasteiger partial charge in [0.1, 0.15) is 11.4 Å². The highest BCUT2D eigenvalue weighted by Crippen LogP contribution is 2.73. The molecule has 0 aromatic heterocycles. The number of hydrogen-bond donors (Lipinski definition) is 1. The van der Waals surface area contributed by atoms with Gasteiger partial charge in [0, 0.05) is 11.0 Å². The van der Waals surface area contributed by atoms with E-state index in [1.165, 1.54) is 30.4 Å². The highest BCUT2D eigenvalue weighted by Gasteiger charge is 2.73. The first-order chi connectivity index (χ1) is 14.2. The molecule has 2 saturated carbocycles. The van der Waals surface area contributed by atoms with E-state index in [9.17, 15) is 9.90 Å². The Morgan fingerprint density at radius 2 is 1.67 bits per heavy atom. The Balaban J connectivity index is 1.47. The average molecular weight is 399 g/mol. The Hall–Kier alpha value is -2.81. The molecule has 152 valence electrons. The van der Waals surface area contributed by atoms with Gasteiger partial charge in [-0.3, -0.25) is 0 Å². The molecule has 2 bridgehead atoms. The van der Waals surface area contributed by atoms with Crippen LogP contribution in [-0.2, 0) is 5.41 Å². The zero-order chi connectivity index (χ0) is 20.9. The first-order valence-corrected chi connectivity index (χ1v) is 10.9. The number of fused-ring (bicyclic) bond motifs is 8. The number of ether oxygens (including phenoxy) is 1. The van der Waals surface area contributed by atoms with Crippen molar-refractivity contribution in [2.75, 3.05) is 0 Å². The molecule has 4 unspecified atom stereocenters. The maximum atomic E-state index is 11.3. The van der Waals surface area contributed by atoms with Crippen LogP contribution < -0.4 is 4.74 Å². The van der Waals surface area contributed by atoms with E-state index in [4.69, 9.17) is 4.74 Å². The molecule has 3 aromatic rings. The zero-order valence-electron chi connectivity index (χ0n) is 17.7. The average Bonchev–Trinajstić information content (AvgIpc) is 3.30. The Morgan fingerprint density at radius 1 is 0.967 bits per heavy atom. The highest BCUT2D eigenvalue weighted by molar-refractivity contribution is 5.95. The van der Waals surface area contributed by atoms with E-state index in [-0.39, 0.29) is 16.4 Å². The standard InChI is InChI=1S/C27H26O3/c1-25-11-10-21(15-25)27(3)26(25,2)22-14-19(8-9-23(22)30-27)17-4-5-18-13-20(24(28)29)7-6-16(18)12-17/h4-9,12-14,21H,10-11,15H2,1-3H3,(H,28,29). The molecule has 3 aliphatic rings. The van der Waals surface area contributed by atoms with Crippen molar-refractivity contribution in [2.45, 2.75) is 51.0 Å². The summed E-state index contributed by atoms with van der Waals surface area (Å²) in [6.45, 7) is 7.22. The Bertz CT molecular complexity index is 1240. The highest BCUT2D eigenvalue weighted by atomic mass is 16.5. The van der Waals surface area contributed by atoms with Crippen molar-refractivity contribution in [1.29, 1.82) is 0 Å². The number of benzene rings is 3. The van der Waals surface area contributed by atoms with Crippen LogP contribution in [0.5, 0.6) is 5.75 Å². The molecule has 3 aromatic carbocycles. The van der Waals surface area contributed by atoms with Gasteiger partial charge in [-0.2, -0.15) is 0 Å². The van der Waals surface area contributed by atoms with Crippen molar-refractivity contribution in [1.82, 2.24) is 0 Å². The van der Waals surface area contributed by atoms with E-state index in [1.54, 1.807) is 12.1 Å². The minimum Gasteiger partial charge on any atom is -0.486 e. The summed E-state index contributed by atoms with van der Waals surface area (Å²) in [5.74, 6) is 0.788. The maximum Gasteiger partial charge on any atom is 0.335 e. The molecular formula is C27H26O3. The van der Waals surface area contributed by atoms with Crippen LogP contribution in [0.4, 0.5) is 0 Å². The first kappa shape index (κ1) is 18.0. The second kappa shape index (κ2) is 5.46. The van der Waals surface area contributed by atoms with Gasteiger partial charge in [-0.05, 0) is 89.8 Å². The van der Waals surface area contributed by atoms with Crippen LogP contribution in [0.3, 0.4) is 0 Å². The van der Waals surface area contributed by atoms with Gasteiger partial charge in [0.15, 0.2) is 0 Å². The molecule has 0 radical (unpaired) electrons. The minimum absolute atomic E-state index is 0.0293. The van der Waals surface area contributed by atoms with Gasteiger partial charge < -0.3 is 9.84 Å². The third-order valence-electron chi connectivity index (χ3n) is 8.98. The number of carboxylic acid groups (broad SMARTS) is 1. The monoisotopic (exact) mass is 398 g/mol. The van der Waals surface area contributed by atoms with Gasteiger partial charge in [-0.25, -0.2) is 4.79 Å². The summed E-state index contributed by atoms with van der Waals surface area (Å²) in [6, 6.07) is 18.2. The van der Waals surface area contributed by atoms with Crippen LogP contribution in [0.1, 0.15) is 56.0 Å². The number of aromatic carboxylic acids is 1. The lowest BCUT2D eigenvalue weighted by atomic mass is 9.56. The maximum absolute atomic E-state index is 11.3. The van der Waals surface area contributed by atoms with Crippen molar-refractivity contribution in [3.8, 4) is 16.9 Å². The van der Waals surface area contributed by atoms with Gasteiger partial charge in [0.2, 0.25) is 0 Å². The van der Waals surface area contributed by atoms with Crippen LogP contribution in [0.2, 0.25) is 0 Å². The molecule has 1 aliphatic heterocycles. The molecule has 1 heterocycles. The lowest BCUT2D eigenvalue weighted by Gasteiger charge is -2.48. The molecule has 4 atom stereocenters. The Kier molecular flexibility index (Phi) is 3.27. The Morgan fingerprint density at radius 3 is 2.47 bits per heavy atom. The van der Waals surface area contributed by atoms with E-state index >= 15 is 0 Å². The lowest BCUT2D eigenvalue weighted by molar-refractivity contribution is -0.0260. The molecule has 3 heteroatoms. The van der Waals surface area contributed by atoms with Crippen LogP contribution in [0.15, 0.2) is 54.6 Å². The van der Waals surface area contributed by atoms with Crippen molar-refractivity contribution >= 4 is 16.7 Å². The third kappa shape index (κ3) is 1.98. The number of rotatable bonds is 2. The summed E-state index contributed by atoms with van der Waals surface area (Å²) in [7, 11) is 0. The van der Waals surface area contributed by atoms with Gasteiger partial charge >= 0.3 is 5.97 Å².